The van der Waals surface area contributed by atoms with Crippen molar-refractivity contribution in [3.8, 4) is 5.75 Å². The fourth-order valence-electron chi connectivity index (χ4n) is 3.21. The van der Waals surface area contributed by atoms with Gasteiger partial charge in [0.25, 0.3) is 0 Å². The monoisotopic (exact) mass is 435 g/mol. The molecular formula is C21H26FN3O4S. The van der Waals surface area contributed by atoms with Gasteiger partial charge in [0.15, 0.2) is 0 Å². The van der Waals surface area contributed by atoms with Gasteiger partial charge >= 0.3 is 0 Å². The highest BCUT2D eigenvalue weighted by atomic mass is 32.2. The summed E-state index contributed by atoms with van der Waals surface area (Å²) in [5.74, 6) is -0.197. The minimum atomic E-state index is -3.53. The van der Waals surface area contributed by atoms with Crippen LogP contribution in [-0.4, -0.2) is 63.4 Å². The van der Waals surface area contributed by atoms with Gasteiger partial charge in [-0.3, -0.25) is 9.69 Å². The van der Waals surface area contributed by atoms with Gasteiger partial charge in [-0.1, -0.05) is 12.1 Å². The van der Waals surface area contributed by atoms with E-state index in [-0.39, 0.29) is 23.2 Å². The highest BCUT2D eigenvalue weighted by Crippen LogP contribution is 2.23. The lowest BCUT2D eigenvalue weighted by molar-refractivity contribution is -0.117. The molecule has 0 aromatic heterocycles. The van der Waals surface area contributed by atoms with Gasteiger partial charge in [0.1, 0.15) is 18.2 Å². The number of nitrogens with one attached hydrogen (secondary N) is 1. The van der Waals surface area contributed by atoms with Gasteiger partial charge in [0.05, 0.1) is 11.4 Å². The molecule has 2 aromatic rings. The van der Waals surface area contributed by atoms with Gasteiger partial charge in [-0.15, -0.1) is 0 Å². The number of ether oxygens (including phenoxy) is 1. The standard InChI is InChI=1S/C21H26FN3O4S/c1-24(12-13-29-19-8-4-6-17(22)14-19)16-21(26)23-18-7-5-9-20(15-18)30(27,28)25-10-2-3-11-25/h4-9,14-15H,2-3,10-13,16H2,1H3,(H,23,26). The second kappa shape index (κ2) is 10.0. The molecule has 2 aromatic carbocycles. The van der Waals surface area contributed by atoms with Crippen LogP contribution in [0.25, 0.3) is 0 Å². The Balaban J connectivity index is 1.49. The summed E-state index contributed by atoms with van der Waals surface area (Å²) in [5, 5.41) is 2.74. The van der Waals surface area contributed by atoms with Crippen LogP contribution in [0.4, 0.5) is 10.1 Å². The maximum Gasteiger partial charge on any atom is 0.243 e. The average Bonchev–Trinajstić information content (AvgIpc) is 3.24. The Hall–Kier alpha value is -2.49. The van der Waals surface area contributed by atoms with Crippen LogP contribution in [-0.2, 0) is 14.8 Å². The van der Waals surface area contributed by atoms with Gasteiger partial charge < -0.3 is 10.1 Å². The smallest absolute Gasteiger partial charge is 0.243 e. The number of benzene rings is 2. The van der Waals surface area contributed by atoms with Crippen LogP contribution < -0.4 is 10.1 Å². The number of sulfonamides is 1. The van der Waals surface area contributed by atoms with Crippen LogP contribution in [0, 0.1) is 5.82 Å². The third-order valence-corrected chi connectivity index (χ3v) is 6.67. The van der Waals surface area contributed by atoms with Crippen LogP contribution in [0.15, 0.2) is 53.4 Å². The average molecular weight is 436 g/mol. The summed E-state index contributed by atoms with van der Waals surface area (Å²) in [6.45, 7) is 1.93. The van der Waals surface area contributed by atoms with Gasteiger partial charge in [-0.2, -0.15) is 4.31 Å². The van der Waals surface area contributed by atoms with E-state index in [1.165, 1.54) is 22.5 Å². The van der Waals surface area contributed by atoms with E-state index in [2.05, 4.69) is 5.32 Å². The molecule has 1 amide bonds. The van der Waals surface area contributed by atoms with E-state index < -0.39 is 10.0 Å². The lowest BCUT2D eigenvalue weighted by Crippen LogP contribution is -2.33. The van der Waals surface area contributed by atoms with E-state index in [0.29, 0.717) is 37.7 Å². The number of hydrogen-bond donors (Lipinski definition) is 1. The largest absolute Gasteiger partial charge is 0.492 e. The molecule has 1 heterocycles. The highest BCUT2D eigenvalue weighted by Gasteiger charge is 2.27. The molecule has 0 atom stereocenters. The minimum absolute atomic E-state index is 0.107. The Kier molecular flexibility index (Phi) is 7.41. The predicted octanol–water partition coefficient (Wildman–Crippen LogP) is 2.56. The maximum absolute atomic E-state index is 13.1. The van der Waals surface area contributed by atoms with E-state index >= 15 is 0 Å². The van der Waals surface area contributed by atoms with Crippen molar-refractivity contribution in [2.45, 2.75) is 17.7 Å². The van der Waals surface area contributed by atoms with Crippen molar-refractivity contribution < 1.29 is 22.3 Å². The fraction of sp³-hybridized carbons (Fsp3) is 0.381. The molecule has 1 N–H and O–H groups in total. The molecule has 1 aliphatic rings. The highest BCUT2D eigenvalue weighted by molar-refractivity contribution is 7.89. The third-order valence-electron chi connectivity index (χ3n) is 4.77. The Morgan fingerprint density at radius 1 is 1.17 bits per heavy atom. The molecule has 1 aliphatic heterocycles. The first kappa shape index (κ1) is 22.2. The summed E-state index contributed by atoms with van der Waals surface area (Å²) in [4.78, 5) is 14.3. The Labute approximate surface area is 176 Å². The van der Waals surface area contributed by atoms with Crippen LogP contribution >= 0.6 is 0 Å². The van der Waals surface area contributed by atoms with E-state index in [4.69, 9.17) is 4.74 Å². The summed E-state index contributed by atoms with van der Waals surface area (Å²) >= 11 is 0. The van der Waals surface area contributed by atoms with E-state index in [9.17, 15) is 17.6 Å². The molecule has 162 valence electrons. The van der Waals surface area contributed by atoms with Crippen molar-refractivity contribution in [3.63, 3.8) is 0 Å². The van der Waals surface area contributed by atoms with Gasteiger partial charge in [-0.05, 0) is 50.2 Å². The molecule has 0 spiro atoms. The lowest BCUT2D eigenvalue weighted by atomic mass is 10.3. The maximum atomic E-state index is 13.1. The summed E-state index contributed by atoms with van der Waals surface area (Å²) in [5.41, 5.74) is 0.435. The molecule has 0 saturated carbocycles. The Bertz CT molecular complexity index is 978. The summed E-state index contributed by atoms with van der Waals surface area (Å²) in [6.07, 6.45) is 1.73. The number of amides is 1. The van der Waals surface area contributed by atoms with Crippen molar-refractivity contribution in [3.05, 3.63) is 54.3 Å². The number of carbonyl (C=O) groups excluding carboxylic acids is 1. The number of likely N-dealkylation sites (N-methyl/N-ethyl adjacent to an activating group) is 1. The first-order valence-electron chi connectivity index (χ1n) is 9.81. The van der Waals surface area contributed by atoms with Crippen molar-refractivity contribution in [1.29, 1.82) is 0 Å². The SMILES string of the molecule is CN(CCOc1cccc(F)c1)CC(=O)Nc1cccc(S(=O)(=O)N2CCCC2)c1. The van der Waals surface area contributed by atoms with Crippen molar-refractivity contribution in [2.75, 3.05) is 45.2 Å². The quantitative estimate of drug-likeness (QED) is 0.655. The van der Waals surface area contributed by atoms with Crippen molar-refractivity contribution in [1.82, 2.24) is 9.21 Å². The van der Waals surface area contributed by atoms with Crippen LogP contribution in [0.5, 0.6) is 5.75 Å². The first-order valence-corrected chi connectivity index (χ1v) is 11.3. The first-order chi connectivity index (χ1) is 14.3. The number of hydrogen-bond acceptors (Lipinski definition) is 5. The third kappa shape index (κ3) is 6.01. The number of anilines is 1. The zero-order valence-corrected chi connectivity index (χ0v) is 17.7. The van der Waals surface area contributed by atoms with Crippen LogP contribution in [0.3, 0.4) is 0 Å². The molecule has 0 radical (unpaired) electrons. The minimum Gasteiger partial charge on any atom is -0.492 e. The van der Waals surface area contributed by atoms with Crippen LogP contribution in [0.1, 0.15) is 12.8 Å². The second-order valence-electron chi connectivity index (χ2n) is 7.23. The fourth-order valence-corrected chi connectivity index (χ4v) is 4.78. The van der Waals surface area contributed by atoms with E-state index in [1.807, 2.05) is 0 Å². The summed E-state index contributed by atoms with van der Waals surface area (Å²) in [6, 6.07) is 12.2. The normalized spacial score (nSPS) is 14.8. The number of carbonyl (C=O) groups is 1. The van der Waals surface area contributed by atoms with E-state index in [1.54, 1.807) is 42.3 Å². The van der Waals surface area contributed by atoms with Crippen molar-refractivity contribution >= 4 is 21.6 Å². The van der Waals surface area contributed by atoms with Crippen molar-refractivity contribution in [2.24, 2.45) is 0 Å². The topological polar surface area (TPSA) is 79.0 Å². The lowest BCUT2D eigenvalue weighted by Gasteiger charge is -2.18. The van der Waals surface area contributed by atoms with Gasteiger partial charge in [0, 0.05) is 31.4 Å². The molecule has 30 heavy (non-hydrogen) atoms. The molecule has 1 fully saturated rings. The molecule has 3 rings (SSSR count). The van der Waals surface area contributed by atoms with Crippen LogP contribution in [0.2, 0.25) is 0 Å². The summed E-state index contributed by atoms with van der Waals surface area (Å²) < 4.78 is 45.4. The molecule has 0 unspecified atom stereocenters. The number of rotatable bonds is 9. The number of halogens is 1. The van der Waals surface area contributed by atoms with Gasteiger partial charge in [-0.25, -0.2) is 12.8 Å². The molecule has 0 aliphatic carbocycles. The molecule has 7 nitrogen and oxygen atoms in total. The molecule has 0 bridgehead atoms. The second-order valence-corrected chi connectivity index (χ2v) is 9.17. The zero-order chi connectivity index (χ0) is 21.6. The summed E-state index contributed by atoms with van der Waals surface area (Å²) in [7, 11) is -1.77. The number of nitrogens with zero attached hydrogens (tertiary/aromatic N) is 2. The zero-order valence-electron chi connectivity index (χ0n) is 16.9. The molecular weight excluding hydrogens is 409 g/mol. The van der Waals surface area contributed by atoms with Gasteiger partial charge in [0.2, 0.25) is 15.9 Å². The predicted molar refractivity (Wildman–Crippen MR) is 112 cm³/mol. The Morgan fingerprint density at radius 3 is 2.63 bits per heavy atom. The van der Waals surface area contributed by atoms with E-state index in [0.717, 1.165) is 12.8 Å². The Morgan fingerprint density at radius 2 is 1.90 bits per heavy atom. The molecule has 1 saturated heterocycles. The molecule has 9 heteroatoms.